The van der Waals surface area contributed by atoms with E-state index in [-0.39, 0.29) is 16.6 Å². The topological polar surface area (TPSA) is 18.5 Å². The maximum atomic E-state index is 5.91. The average molecular weight is 200 g/mol. The predicted octanol–water partition coefficient (Wildman–Crippen LogP) is 3.21. The molecule has 0 atom stereocenters. The van der Waals surface area contributed by atoms with Crippen molar-refractivity contribution < 1.29 is 9.47 Å². The molecule has 0 aromatic rings. The Labute approximate surface area is 88.0 Å². The second-order valence-electron chi connectivity index (χ2n) is 5.43. The predicted molar refractivity (Wildman–Crippen MR) is 58.2 cm³/mol. The molecule has 14 heavy (non-hydrogen) atoms. The molecule has 0 bridgehead atoms. The molecule has 2 nitrogen and oxygen atoms in total. The fraction of sp³-hybridized carbons (Fsp3) is 1.00. The summed E-state index contributed by atoms with van der Waals surface area (Å²) in [5.41, 5.74) is 0.255. The summed E-state index contributed by atoms with van der Waals surface area (Å²) in [6.07, 6.45) is 1.15. The molecule has 84 valence electrons. The first-order valence-corrected chi connectivity index (χ1v) is 5.61. The highest BCUT2D eigenvalue weighted by atomic mass is 16.7. The molecule has 0 amide bonds. The third kappa shape index (κ3) is 1.40. The smallest absolute Gasteiger partial charge is 0.178 e. The van der Waals surface area contributed by atoms with Gasteiger partial charge >= 0.3 is 0 Å². The van der Waals surface area contributed by atoms with E-state index in [1.54, 1.807) is 0 Å². The molecule has 0 aliphatic heterocycles. The van der Waals surface area contributed by atoms with Crippen molar-refractivity contribution in [2.45, 2.75) is 53.8 Å². The van der Waals surface area contributed by atoms with E-state index >= 15 is 0 Å². The number of hydrogen-bond donors (Lipinski definition) is 0. The Morgan fingerprint density at radius 2 is 1.21 bits per heavy atom. The maximum Gasteiger partial charge on any atom is 0.178 e. The Hall–Kier alpha value is -0.0800. The number of rotatable bonds is 4. The fourth-order valence-corrected chi connectivity index (χ4v) is 3.38. The summed E-state index contributed by atoms with van der Waals surface area (Å²) in [6.45, 7) is 14.4. The maximum absolute atomic E-state index is 5.91. The Morgan fingerprint density at radius 3 is 1.43 bits per heavy atom. The van der Waals surface area contributed by atoms with Crippen molar-refractivity contribution in [2.75, 3.05) is 13.2 Å². The normalized spacial score (nSPS) is 27.0. The van der Waals surface area contributed by atoms with Crippen molar-refractivity contribution >= 4 is 0 Å². The first-order chi connectivity index (χ1) is 6.33. The number of ether oxygens (including phenoxy) is 2. The zero-order valence-corrected chi connectivity index (χ0v) is 10.4. The van der Waals surface area contributed by atoms with Crippen LogP contribution in [0, 0.1) is 10.8 Å². The van der Waals surface area contributed by atoms with Crippen molar-refractivity contribution in [3.63, 3.8) is 0 Å². The summed E-state index contributed by atoms with van der Waals surface area (Å²) in [7, 11) is 0. The quantitative estimate of drug-likeness (QED) is 0.649. The highest BCUT2D eigenvalue weighted by Crippen LogP contribution is 2.64. The minimum Gasteiger partial charge on any atom is -0.349 e. The molecule has 0 aromatic heterocycles. The fourth-order valence-electron chi connectivity index (χ4n) is 3.38. The first-order valence-electron chi connectivity index (χ1n) is 5.61. The summed E-state index contributed by atoms with van der Waals surface area (Å²) in [5, 5.41) is 0. The Bertz CT molecular complexity index is 184. The summed E-state index contributed by atoms with van der Waals surface area (Å²) < 4.78 is 11.8. The van der Waals surface area contributed by atoms with E-state index in [1.165, 1.54) is 0 Å². The Kier molecular flexibility index (Phi) is 2.99. The van der Waals surface area contributed by atoms with Gasteiger partial charge < -0.3 is 9.47 Å². The SMILES string of the molecule is CCOC1(OCC)C(C)(C)CC1(C)C. The lowest BCUT2D eigenvalue weighted by atomic mass is 9.50. The van der Waals surface area contributed by atoms with Gasteiger partial charge in [-0.15, -0.1) is 0 Å². The minimum absolute atomic E-state index is 0.127. The van der Waals surface area contributed by atoms with Crippen molar-refractivity contribution in [3.8, 4) is 0 Å². The van der Waals surface area contributed by atoms with Crippen LogP contribution < -0.4 is 0 Å². The molecule has 0 radical (unpaired) electrons. The van der Waals surface area contributed by atoms with Gasteiger partial charge in [-0.05, 0) is 20.3 Å². The monoisotopic (exact) mass is 200 g/mol. The molecule has 1 rings (SSSR count). The van der Waals surface area contributed by atoms with Gasteiger partial charge in [-0.2, -0.15) is 0 Å². The van der Waals surface area contributed by atoms with Gasteiger partial charge in [-0.3, -0.25) is 0 Å². The van der Waals surface area contributed by atoms with Gasteiger partial charge in [0.25, 0.3) is 0 Å². The zero-order valence-electron chi connectivity index (χ0n) is 10.4. The van der Waals surface area contributed by atoms with Gasteiger partial charge in [0, 0.05) is 24.0 Å². The van der Waals surface area contributed by atoms with E-state index in [4.69, 9.17) is 9.47 Å². The third-order valence-corrected chi connectivity index (χ3v) is 3.36. The van der Waals surface area contributed by atoms with Gasteiger partial charge in [0.05, 0.1) is 0 Å². The first kappa shape index (κ1) is 12.0. The van der Waals surface area contributed by atoms with Gasteiger partial charge in [-0.1, -0.05) is 27.7 Å². The van der Waals surface area contributed by atoms with E-state index < -0.39 is 0 Å². The van der Waals surface area contributed by atoms with Crippen LogP contribution in [-0.2, 0) is 9.47 Å². The van der Waals surface area contributed by atoms with E-state index in [0.29, 0.717) is 13.2 Å². The molecule has 0 N–H and O–H groups in total. The van der Waals surface area contributed by atoms with Crippen LogP contribution in [0.25, 0.3) is 0 Å². The molecule has 1 saturated carbocycles. The molecular weight excluding hydrogens is 176 g/mol. The van der Waals surface area contributed by atoms with Crippen LogP contribution in [0.15, 0.2) is 0 Å². The van der Waals surface area contributed by atoms with Crippen molar-refractivity contribution in [1.29, 1.82) is 0 Å². The molecule has 0 aromatic carbocycles. The van der Waals surface area contributed by atoms with E-state index in [0.717, 1.165) is 6.42 Å². The van der Waals surface area contributed by atoms with Crippen molar-refractivity contribution in [3.05, 3.63) is 0 Å². The second kappa shape index (κ2) is 3.49. The van der Waals surface area contributed by atoms with Crippen LogP contribution in [0.3, 0.4) is 0 Å². The summed E-state index contributed by atoms with van der Waals surface area (Å²) in [6, 6.07) is 0. The van der Waals surface area contributed by atoms with Crippen LogP contribution in [0.4, 0.5) is 0 Å². The van der Waals surface area contributed by atoms with Crippen LogP contribution in [-0.4, -0.2) is 19.0 Å². The molecule has 1 fully saturated rings. The Morgan fingerprint density at radius 1 is 0.857 bits per heavy atom. The zero-order chi connectivity index (χ0) is 11.0. The second-order valence-corrected chi connectivity index (χ2v) is 5.43. The molecule has 0 saturated heterocycles. The Balaban J connectivity index is 2.92. The lowest BCUT2D eigenvalue weighted by Crippen LogP contribution is -2.69. The van der Waals surface area contributed by atoms with Gasteiger partial charge in [0.1, 0.15) is 0 Å². The van der Waals surface area contributed by atoms with Gasteiger partial charge in [0.15, 0.2) is 5.79 Å². The standard InChI is InChI=1S/C12H24O2/c1-7-13-12(14-8-2)10(3,4)9-11(12,5)6/h7-9H2,1-6H3. The molecular formula is C12H24O2. The highest BCUT2D eigenvalue weighted by Gasteiger charge is 2.67. The molecule has 1 aliphatic rings. The lowest BCUT2D eigenvalue weighted by molar-refractivity contribution is -0.402. The summed E-state index contributed by atoms with van der Waals surface area (Å²) in [4.78, 5) is 0. The van der Waals surface area contributed by atoms with Crippen LogP contribution in [0.5, 0.6) is 0 Å². The summed E-state index contributed by atoms with van der Waals surface area (Å²) >= 11 is 0. The average Bonchev–Trinajstić information content (AvgIpc) is 2.01. The largest absolute Gasteiger partial charge is 0.349 e. The highest BCUT2D eigenvalue weighted by molar-refractivity contribution is 5.10. The molecule has 0 spiro atoms. The summed E-state index contributed by atoms with van der Waals surface area (Å²) in [5.74, 6) is -0.385. The molecule has 2 heteroatoms. The minimum atomic E-state index is -0.385. The van der Waals surface area contributed by atoms with E-state index in [1.807, 2.05) is 13.8 Å². The molecule has 0 heterocycles. The van der Waals surface area contributed by atoms with E-state index in [9.17, 15) is 0 Å². The van der Waals surface area contributed by atoms with Crippen molar-refractivity contribution in [1.82, 2.24) is 0 Å². The lowest BCUT2D eigenvalue weighted by Gasteiger charge is -2.65. The van der Waals surface area contributed by atoms with Gasteiger partial charge in [-0.25, -0.2) is 0 Å². The van der Waals surface area contributed by atoms with Crippen molar-refractivity contribution in [2.24, 2.45) is 10.8 Å². The number of hydrogen-bond acceptors (Lipinski definition) is 2. The van der Waals surface area contributed by atoms with Crippen LogP contribution >= 0.6 is 0 Å². The van der Waals surface area contributed by atoms with Crippen LogP contribution in [0.1, 0.15) is 48.0 Å². The van der Waals surface area contributed by atoms with Gasteiger partial charge in [0.2, 0.25) is 0 Å². The van der Waals surface area contributed by atoms with Crippen LogP contribution in [0.2, 0.25) is 0 Å². The third-order valence-electron chi connectivity index (χ3n) is 3.36. The molecule has 0 unspecified atom stereocenters. The molecule has 1 aliphatic carbocycles. The van der Waals surface area contributed by atoms with E-state index in [2.05, 4.69) is 27.7 Å².